The van der Waals surface area contributed by atoms with Crippen molar-refractivity contribution in [3.63, 3.8) is 0 Å². The molecule has 30 heavy (non-hydrogen) atoms. The van der Waals surface area contributed by atoms with E-state index in [1.54, 1.807) is 11.1 Å². The highest BCUT2D eigenvalue weighted by molar-refractivity contribution is 7.71. The van der Waals surface area contributed by atoms with Crippen LogP contribution in [0.5, 0.6) is 0 Å². The third kappa shape index (κ3) is 4.59. The van der Waals surface area contributed by atoms with Crippen LogP contribution in [0.1, 0.15) is 11.1 Å². The molecule has 0 radical (unpaired) electrons. The quantitative estimate of drug-likeness (QED) is 0.440. The first-order valence-electron chi connectivity index (χ1n) is 10.6. The van der Waals surface area contributed by atoms with Crippen molar-refractivity contribution < 1.29 is 9.80 Å². The number of benzene rings is 1. The Balaban J connectivity index is 1.43. The van der Waals surface area contributed by atoms with Gasteiger partial charge < -0.3 is 9.80 Å². The van der Waals surface area contributed by atoms with E-state index in [1.807, 2.05) is 33.7 Å². The van der Waals surface area contributed by atoms with Crippen molar-refractivity contribution in [3.8, 4) is 11.4 Å². The standard InChI is InChI=1S/C23H28N6S/c1-3-11-28-22(20-9-6-10-24-16-20)25-29(23(28)30)18-27-14-12-26(13-15-27)17-21-8-5-4-7-19(21)2/h3-10,16H,1,11-15,17-18H2,2H3/p+2. The maximum atomic E-state index is 5.75. The fraction of sp³-hybridized carbons (Fsp3) is 0.348. The summed E-state index contributed by atoms with van der Waals surface area (Å²) in [6, 6.07) is 12.7. The molecule has 6 nitrogen and oxygen atoms in total. The second-order valence-electron chi connectivity index (χ2n) is 8.01. The van der Waals surface area contributed by atoms with Crippen LogP contribution >= 0.6 is 12.2 Å². The normalized spacial score (nSPS) is 19.0. The zero-order valence-electron chi connectivity index (χ0n) is 17.6. The van der Waals surface area contributed by atoms with Crippen molar-refractivity contribution in [2.24, 2.45) is 0 Å². The van der Waals surface area contributed by atoms with Gasteiger partial charge in [-0.25, -0.2) is 0 Å². The average Bonchev–Trinajstić information content (AvgIpc) is 3.07. The Hall–Kier alpha value is -2.61. The summed E-state index contributed by atoms with van der Waals surface area (Å²) in [5.41, 5.74) is 3.83. The zero-order valence-corrected chi connectivity index (χ0v) is 18.4. The van der Waals surface area contributed by atoms with Gasteiger partial charge in [0.2, 0.25) is 4.77 Å². The molecule has 0 amide bonds. The van der Waals surface area contributed by atoms with E-state index in [0.717, 1.165) is 42.5 Å². The molecule has 1 saturated heterocycles. The van der Waals surface area contributed by atoms with Gasteiger partial charge >= 0.3 is 0 Å². The summed E-state index contributed by atoms with van der Waals surface area (Å²) in [6.45, 7) is 13.2. The molecule has 0 unspecified atom stereocenters. The number of piperazine rings is 1. The van der Waals surface area contributed by atoms with Crippen LogP contribution in [0, 0.1) is 11.7 Å². The summed E-state index contributed by atoms with van der Waals surface area (Å²) in [5, 5.41) is 4.85. The molecule has 1 aliphatic rings. The van der Waals surface area contributed by atoms with Crippen molar-refractivity contribution in [3.05, 3.63) is 77.3 Å². The highest BCUT2D eigenvalue weighted by atomic mass is 32.1. The predicted octanol–water partition coefficient (Wildman–Crippen LogP) is 0.912. The van der Waals surface area contributed by atoms with Crippen LogP contribution in [0.4, 0.5) is 0 Å². The summed E-state index contributed by atoms with van der Waals surface area (Å²) in [6.07, 6.45) is 5.47. The van der Waals surface area contributed by atoms with E-state index in [0.29, 0.717) is 6.54 Å². The van der Waals surface area contributed by atoms with Crippen LogP contribution in [0.25, 0.3) is 11.4 Å². The maximum Gasteiger partial charge on any atom is 0.203 e. The summed E-state index contributed by atoms with van der Waals surface area (Å²) < 4.78 is 4.76. The third-order valence-corrected chi connectivity index (χ3v) is 6.32. The van der Waals surface area contributed by atoms with Crippen LogP contribution in [0.15, 0.2) is 61.4 Å². The van der Waals surface area contributed by atoms with Gasteiger partial charge in [-0.05, 0) is 36.8 Å². The minimum Gasteiger partial charge on any atom is -0.322 e. The summed E-state index contributed by atoms with van der Waals surface area (Å²) in [5.74, 6) is 0.858. The molecular formula is C23H30N6S+2. The average molecular weight is 423 g/mol. The fourth-order valence-electron chi connectivity index (χ4n) is 4.13. The SMILES string of the molecule is C=CCn1c(-c2cccnc2)nn(C[NH+]2CC[NH+](Cc3ccccc3C)CC2)c1=S. The lowest BCUT2D eigenvalue weighted by Crippen LogP contribution is -3.27. The van der Waals surface area contributed by atoms with Gasteiger partial charge in [-0.1, -0.05) is 30.3 Å². The van der Waals surface area contributed by atoms with E-state index < -0.39 is 0 Å². The number of rotatable bonds is 7. The van der Waals surface area contributed by atoms with E-state index in [9.17, 15) is 0 Å². The molecule has 7 heteroatoms. The molecule has 1 aromatic carbocycles. The van der Waals surface area contributed by atoms with Crippen LogP contribution in [-0.4, -0.2) is 45.5 Å². The molecule has 2 N–H and O–H groups in total. The topological polar surface area (TPSA) is 44.5 Å². The minimum absolute atomic E-state index is 0.646. The highest BCUT2D eigenvalue weighted by Gasteiger charge is 2.25. The molecule has 0 aliphatic carbocycles. The van der Waals surface area contributed by atoms with Gasteiger partial charge in [0.25, 0.3) is 0 Å². The summed E-state index contributed by atoms with van der Waals surface area (Å²) in [7, 11) is 0. The second-order valence-corrected chi connectivity index (χ2v) is 8.37. The maximum absolute atomic E-state index is 5.75. The molecule has 0 bridgehead atoms. The monoisotopic (exact) mass is 422 g/mol. The number of aryl methyl sites for hydroxylation is 1. The number of pyridine rings is 1. The van der Waals surface area contributed by atoms with Gasteiger partial charge in [0.05, 0.1) is 0 Å². The molecule has 4 rings (SSSR count). The number of hydrogen-bond donors (Lipinski definition) is 2. The lowest BCUT2D eigenvalue weighted by Gasteiger charge is -2.29. The first kappa shape index (κ1) is 20.7. The van der Waals surface area contributed by atoms with Crippen LogP contribution in [0.3, 0.4) is 0 Å². The molecule has 0 spiro atoms. The van der Waals surface area contributed by atoms with Crippen molar-refractivity contribution >= 4 is 12.2 Å². The van der Waals surface area contributed by atoms with Crippen molar-refractivity contribution in [2.75, 3.05) is 26.2 Å². The minimum atomic E-state index is 0.646. The van der Waals surface area contributed by atoms with Crippen LogP contribution in [-0.2, 0) is 19.8 Å². The highest BCUT2D eigenvalue weighted by Crippen LogP contribution is 2.16. The van der Waals surface area contributed by atoms with Crippen LogP contribution in [0.2, 0.25) is 0 Å². The fourth-order valence-corrected chi connectivity index (χ4v) is 4.39. The van der Waals surface area contributed by atoms with Gasteiger partial charge in [-0.15, -0.1) is 11.7 Å². The summed E-state index contributed by atoms with van der Waals surface area (Å²) >= 11 is 5.75. The number of nitrogens with one attached hydrogen (secondary N) is 2. The molecule has 3 heterocycles. The molecule has 156 valence electrons. The van der Waals surface area contributed by atoms with Gasteiger partial charge in [0, 0.05) is 30.1 Å². The van der Waals surface area contributed by atoms with Gasteiger partial charge in [0.15, 0.2) is 12.5 Å². The van der Waals surface area contributed by atoms with Gasteiger partial charge in [-0.2, -0.15) is 4.68 Å². The molecule has 1 aliphatic heterocycles. The van der Waals surface area contributed by atoms with Gasteiger partial charge in [-0.3, -0.25) is 9.55 Å². The number of hydrogen-bond acceptors (Lipinski definition) is 3. The molecule has 3 aromatic rings. The molecule has 0 saturated carbocycles. The Kier molecular flexibility index (Phi) is 6.52. The lowest BCUT2D eigenvalue weighted by atomic mass is 10.1. The van der Waals surface area contributed by atoms with Crippen molar-refractivity contribution in [1.29, 1.82) is 0 Å². The first-order chi connectivity index (χ1) is 14.7. The third-order valence-electron chi connectivity index (χ3n) is 5.89. The van der Waals surface area contributed by atoms with Crippen molar-refractivity contribution in [2.45, 2.75) is 26.7 Å². The molecule has 2 aromatic heterocycles. The molecule has 0 atom stereocenters. The van der Waals surface area contributed by atoms with Gasteiger partial charge in [0.1, 0.15) is 32.7 Å². The Bertz CT molecular complexity index is 1050. The first-order valence-corrected chi connectivity index (χ1v) is 11.0. The van der Waals surface area contributed by atoms with Crippen molar-refractivity contribution in [1.82, 2.24) is 19.3 Å². The Morgan fingerprint density at radius 3 is 2.57 bits per heavy atom. The molecule has 1 fully saturated rings. The van der Waals surface area contributed by atoms with E-state index in [2.05, 4.69) is 42.8 Å². The second kappa shape index (κ2) is 9.47. The summed E-state index contributed by atoms with van der Waals surface area (Å²) in [4.78, 5) is 7.42. The Morgan fingerprint density at radius 1 is 1.10 bits per heavy atom. The van der Waals surface area contributed by atoms with E-state index in [1.165, 1.54) is 29.1 Å². The number of quaternary nitrogens is 2. The largest absolute Gasteiger partial charge is 0.322 e. The number of allylic oxidation sites excluding steroid dienone is 1. The number of nitrogens with zero attached hydrogens (tertiary/aromatic N) is 4. The van der Waals surface area contributed by atoms with E-state index in [-0.39, 0.29) is 0 Å². The Labute approximate surface area is 183 Å². The lowest BCUT2D eigenvalue weighted by molar-refractivity contribution is -1.03. The smallest absolute Gasteiger partial charge is 0.203 e. The van der Waals surface area contributed by atoms with E-state index in [4.69, 9.17) is 17.3 Å². The zero-order chi connectivity index (χ0) is 20.9. The predicted molar refractivity (Wildman–Crippen MR) is 121 cm³/mol. The number of aromatic nitrogens is 4. The Morgan fingerprint density at radius 2 is 1.87 bits per heavy atom. The van der Waals surface area contributed by atoms with E-state index >= 15 is 0 Å². The molecular weight excluding hydrogens is 392 g/mol. The van der Waals surface area contributed by atoms with Crippen LogP contribution < -0.4 is 9.80 Å².